The summed E-state index contributed by atoms with van der Waals surface area (Å²) >= 11 is 2.27. The van der Waals surface area contributed by atoms with E-state index in [1.807, 2.05) is 26.2 Å². The topological polar surface area (TPSA) is 71.9 Å². The molecule has 0 bridgehead atoms. The van der Waals surface area contributed by atoms with Crippen LogP contribution in [0.15, 0.2) is 134 Å². The molecule has 0 fully saturated rings. The van der Waals surface area contributed by atoms with Gasteiger partial charge in [-0.05, 0) is 13.8 Å². The molecule has 4 aromatic carbocycles. The molecule has 0 aliphatic carbocycles. The average Bonchev–Trinajstić information content (AvgIpc) is 3.57. The number of rotatable bonds is 2. The summed E-state index contributed by atoms with van der Waals surface area (Å²) in [5.41, 5.74) is 7.14. The van der Waals surface area contributed by atoms with Gasteiger partial charge < -0.3 is 10.2 Å². The SMILES string of the molecule is C=C(C)[O-].C=C(C)[O-].C[Si](C)=[Ti+2].Cc1cc(-c2cc3ccccc3[cH-]2)ccn1.Cc1cc(-c2cc3ccccc3[cH-]2)ccn1. The molecule has 6 aromatic rings. The van der Waals surface area contributed by atoms with Gasteiger partial charge in [-0.25, -0.2) is 0 Å². The summed E-state index contributed by atoms with van der Waals surface area (Å²) in [6, 6.07) is 34.1. The summed E-state index contributed by atoms with van der Waals surface area (Å²) in [7, 11) is 0. The van der Waals surface area contributed by atoms with Crippen LogP contribution in [0.2, 0.25) is 13.1 Å². The quantitative estimate of drug-likeness (QED) is 0.109. The standard InChI is InChI=1S/2C15H12N.2C3H6O.C2H6Si.Ti/c2*1-11-8-14(6-7-16-11)15-9-12-4-2-3-5-13(12)10-15;2*1-3(2)4;1-3-2;/h2*2-10H,1H3;2*4H,1H2,2H3;1-2H3;/q2*-1;;;;+2/p-2. The normalized spacial score (nSPS) is 9.64. The molecule has 2 heterocycles. The van der Waals surface area contributed by atoms with Gasteiger partial charge in [0.25, 0.3) is 0 Å². The molecule has 6 rings (SSSR count). The van der Waals surface area contributed by atoms with Crippen LogP contribution in [0.5, 0.6) is 0 Å². The van der Waals surface area contributed by atoms with Crippen LogP contribution in [0.4, 0.5) is 0 Å². The van der Waals surface area contributed by atoms with Crippen LogP contribution in [-0.4, -0.2) is 16.2 Å². The van der Waals surface area contributed by atoms with Crippen molar-refractivity contribution in [3.05, 3.63) is 146 Å². The van der Waals surface area contributed by atoms with Crippen LogP contribution in [0.1, 0.15) is 25.2 Å². The molecule has 224 valence electrons. The van der Waals surface area contributed by atoms with E-state index in [2.05, 4.69) is 152 Å². The number of aryl methyl sites for hydroxylation is 2. The summed E-state index contributed by atoms with van der Waals surface area (Å²) < 4.78 is 0. The van der Waals surface area contributed by atoms with Gasteiger partial charge >= 0.3 is 38.5 Å². The maximum absolute atomic E-state index is 9.33. The van der Waals surface area contributed by atoms with Crippen LogP contribution >= 0.6 is 0 Å². The first-order chi connectivity index (χ1) is 20.8. The number of allylic oxidation sites excluding steroid dienone is 2. The van der Waals surface area contributed by atoms with Crippen LogP contribution < -0.4 is 10.2 Å². The predicted molar refractivity (Wildman–Crippen MR) is 182 cm³/mol. The molecule has 0 saturated heterocycles. The number of fused-ring (bicyclic) bond motifs is 2. The van der Waals surface area contributed by atoms with Crippen molar-refractivity contribution in [1.82, 2.24) is 9.97 Å². The van der Waals surface area contributed by atoms with Crippen molar-refractivity contribution in [3.8, 4) is 22.3 Å². The average molecular weight is 633 g/mol. The molecule has 0 spiro atoms. The molecule has 0 N–H and O–H groups in total. The number of nitrogens with zero attached hydrogens (tertiary/aromatic N) is 2. The van der Waals surface area contributed by atoms with E-state index in [4.69, 9.17) is 0 Å². The Kier molecular flexibility index (Phi) is 15.3. The van der Waals surface area contributed by atoms with E-state index in [0.717, 1.165) is 11.4 Å². The first-order valence-electron chi connectivity index (χ1n) is 14.2. The van der Waals surface area contributed by atoms with Gasteiger partial charge in [0.1, 0.15) is 0 Å². The third-order valence-electron chi connectivity index (χ3n) is 5.70. The summed E-state index contributed by atoms with van der Waals surface area (Å²) in [4.78, 5) is 8.44. The Morgan fingerprint density at radius 1 is 0.659 bits per heavy atom. The largest absolute Gasteiger partial charge is 0.263 e. The molecular formula is C38H40N2O2SiTi-2. The Bertz CT molecular complexity index is 1590. The van der Waals surface area contributed by atoms with Gasteiger partial charge in [-0.15, -0.1) is 93.7 Å². The summed E-state index contributed by atoms with van der Waals surface area (Å²) in [5.74, 6) is -0.167. The third kappa shape index (κ3) is 13.5. The van der Waals surface area contributed by atoms with Crippen molar-refractivity contribution < 1.29 is 29.4 Å². The number of benzene rings is 2. The van der Waals surface area contributed by atoms with Crippen molar-refractivity contribution in [2.75, 3.05) is 0 Å². The third-order valence-corrected chi connectivity index (χ3v) is 5.70. The van der Waals surface area contributed by atoms with Crippen LogP contribution in [0, 0.1) is 13.8 Å². The van der Waals surface area contributed by atoms with E-state index in [1.54, 1.807) is 0 Å². The zero-order chi connectivity index (χ0) is 32.6. The van der Waals surface area contributed by atoms with Gasteiger partial charge in [0.15, 0.2) is 0 Å². The number of hydrogen-bond donors (Lipinski definition) is 0. The molecule has 0 radical (unpaired) electrons. The van der Waals surface area contributed by atoms with E-state index in [0.29, 0.717) is 0 Å². The Morgan fingerprint density at radius 2 is 0.977 bits per heavy atom. The van der Waals surface area contributed by atoms with Crippen molar-refractivity contribution >= 4 is 27.7 Å². The maximum Gasteiger partial charge on any atom is 0.0304 e. The fourth-order valence-electron chi connectivity index (χ4n) is 4.08. The van der Waals surface area contributed by atoms with E-state index >= 15 is 0 Å². The van der Waals surface area contributed by atoms with Crippen molar-refractivity contribution in [2.45, 2.75) is 40.8 Å². The first-order valence-corrected chi connectivity index (χ1v) is 19.0. The molecule has 6 heteroatoms. The molecule has 2 aromatic heterocycles. The molecule has 44 heavy (non-hydrogen) atoms. The fraction of sp³-hybridized carbons (Fsp3) is 0.158. The van der Waals surface area contributed by atoms with E-state index in [9.17, 15) is 10.2 Å². The molecule has 0 atom stereocenters. The monoisotopic (exact) mass is 632 g/mol. The molecular weight excluding hydrogens is 592 g/mol. The molecule has 0 saturated carbocycles. The van der Waals surface area contributed by atoms with E-state index in [1.165, 1.54) is 57.6 Å². The Balaban J connectivity index is 0.000000227. The number of hydrogen-bond acceptors (Lipinski definition) is 4. The minimum absolute atomic E-state index is 0.0833. The van der Waals surface area contributed by atoms with E-state index < -0.39 is 0 Å². The number of aromatic nitrogens is 2. The van der Waals surface area contributed by atoms with Crippen LogP contribution in [0.25, 0.3) is 43.8 Å². The van der Waals surface area contributed by atoms with Crippen molar-refractivity contribution in [3.63, 3.8) is 0 Å². The second-order valence-corrected chi connectivity index (χ2v) is 17.2. The first kappa shape index (κ1) is 36.2. The molecule has 0 unspecified atom stereocenters. The maximum atomic E-state index is 9.33. The molecule has 0 aliphatic heterocycles. The summed E-state index contributed by atoms with van der Waals surface area (Å²) in [5, 5.41) is 23.9. The van der Waals surface area contributed by atoms with Crippen LogP contribution in [-0.2, 0) is 19.2 Å². The van der Waals surface area contributed by atoms with Gasteiger partial charge in [0, 0.05) is 23.8 Å². The smallest absolute Gasteiger partial charge is 0.0304 e. The Morgan fingerprint density at radius 3 is 1.27 bits per heavy atom. The molecule has 0 aliphatic rings. The molecule has 0 amide bonds. The van der Waals surface area contributed by atoms with Crippen molar-refractivity contribution in [1.29, 1.82) is 0 Å². The predicted octanol–water partition coefficient (Wildman–Crippen LogP) is 8.40. The number of pyridine rings is 2. The van der Waals surface area contributed by atoms with E-state index in [-0.39, 0.29) is 17.7 Å². The second kappa shape index (κ2) is 18.6. The minimum atomic E-state index is -0.0833. The zero-order valence-electron chi connectivity index (χ0n) is 26.5. The van der Waals surface area contributed by atoms with Gasteiger partial charge in [-0.1, -0.05) is 85.6 Å². The Hall–Kier alpha value is -4.03. The van der Waals surface area contributed by atoms with Crippen LogP contribution in [0.3, 0.4) is 0 Å². The summed E-state index contributed by atoms with van der Waals surface area (Å²) in [6.07, 6.45) is 3.85. The van der Waals surface area contributed by atoms with Gasteiger partial charge in [-0.3, -0.25) is 9.97 Å². The van der Waals surface area contributed by atoms with Gasteiger partial charge in [0.05, 0.1) is 0 Å². The zero-order valence-corrected chi connectivity index (χ0v) is 29.1. The minimum Gasteiger partial charge on any atom is -0.263 e. The fourth-order valence-corrected chi connectivity index (χ4v) is 4.08. The van der Waals surface area contributed by atoms with Crippen molar-refractivity contribution in [2.24, 2.45) is 0 Å². The summed E-state index contributed by atoms with van der Waals surface area (Å²) in [6.45, 7) is 17.4. The second-order valence-electron chi connectivity index (χ2n) is 10.5. The van der Waals surface area contributed by atoms with Gasteiger partial charge in [0.2, 0.25) is 0 Å². The van der Waals surface area contributed by atoms with Gasteiger partial charge in [-0.2, -0.15) is 0 Å². The Labute approximate surface area is 274 Å². The molecule has 4 nitrogen and oxygen atoms in total.